The molecule has 0 saturated carbocycles. The smallest absolute Gasteiger partial charge is 0.279 e. The van der Waals surface area contributed by atoms with E-state index < -0.39 is 0 Å². The van der Waals surface area contributed by atoms with E-state index in [9.17, 15) is 4.79 Å². The molecule has 1 amide bonds. The van der Waals surface area contributed by atoms with Gasteiger partial charge in [-0.1, -0.05) is 36.4 Å². The van der Waals surface area contributed by atoms with Gasteiger partial charge in [0.05, 0.1) is 11.4 Å². The van der Waals surface area contributed by atoms with Gasteiger partial charge in [0, 0.05) is 17.8 Å². The van der Waals surface area contributed by atoms with Gasteiger partial charge in [-0.3, -0.25) is 4.79 Å². The van der Waals surface area contributed by atoms with Crippen molar-refractivity contribution in [2.75, 3.05) is 11.4 Å². The fourth-order valence-electron chi connectivity index (χ4n) is 4.37. The van der Waals surface area contributed by atoms with Crippen molar-refractivity contribution in [1.82, 2.24) is 9.78 Å². The first-order valence-corrected chi connectivity index (χ1v) is 9.30. The van der Waals surface area contributed by atoms with Crippen LogP contribution in [0.1, 0.15) is 39.3 Å². The van der Waals surface area contributed by atoms with Crippen LogP contribution in [-0.4, -0.2) is 22.2 Å². The molecule has 0 bridgehead atoms. The average molecular weight is 343 g/mol. The topological polar surface area (TPSA) is 38.1 Å². The Bertz CT molecular complexity index is 1000. The number of hydrogen-bond donors (Lipinski definition) is 0. The Morgan fingerprint density at radius 2 is 1.85 bits per heavy atom. The van der Waals surface area contributed by atoms with E-state index >= 15 is 0 Å². The second kappa shape index (κ2) is 5.84. The fraction of sp³-hybridized carbons (Fsp3) is 0.273. The second-order valence-corrected chi connectivity index (χ2v) is 7.16. The van der Waals surface area contributed by atoms with Crippen LogP contribution in [0, 0.1) is 6.92 Å². The van der Waals surface area contributed by atoms with Crippen LogP contribution in [-0.2, 0) is 19.3 Å². The molecule has 0 spiro atoms. The molecule has 0 atom stereocenters. The summed E-state index contributed by atoms with van der Waals surface area (Å²) in [5.41, 5.74) is 7.51. The number of amides is 1. The van der Waals surface area contributed by atoms with Crippen molar-refractivity contribution in [2.45, 2.75) is 32.6 Å². The number of para-hydroxylation sites is 2. The van der Waals surface area contributed by atoms with E-state index in [2.05, 4.69) is 37.3 Å². The maximum atomic E-state index is 13.4. The highest BCUT2D eigenvalue weighted by molar-refractivity contribution is 6.07. The largest absolute Gasteiger partial charge is 0.306 e. The number of benzene rings is 2. The van der Waals surface area contributed by atoms with Gasteiger partial charge in [-0.2, -0.15) is 5.10 Å². The Morgan fingerprint density at radius 3 is 2.69 bits per heavy atom. The van der Waals surface area contributed by atoms with E-state index in [4.69, 9.17) is 5.10 Å². The normalized spacial score (nSPS) is 15.2. The number of hydrogen-bond acceptors (Lipinski definition) is 2. The first-order valence-electron chi connectivity index (χ1n) is 9.30. The molecular formula is C22H21N3O. The average Bonchev–Trinajstić information content (AvgIpc) is 3.37. The summed E-state index contributed by atoms with van der Waals surface area (Å²) in [7, 11) is 0. The molecule has 0 saturated heterocycles. The van der Waals surface area contributed by atoms with E-state index in [0.29, 0.717) is 5.69 Å². The molecule has 0 radical (unpaired) electrons. The van der Waals surface area contributed by atoms with Gasteiger partial charge in [-0.25, -0.2) is 4.68 Å². The van der Waals surface area contributed by atoms with Gasteiger partial charge in [0.2, 0.25) is 0 Å². The van der Waals surface area contributed by atoms with Gasteiger partial charge >= 0.3 is 0 Å². The lowest BCUT2D eigenvalue weighted by Gasteiger charge is -2.18. The molecule has 2 aromatic carbocycles. The predicted molar refractivity (Wildman–Crippen MR) is 102 cm³/mol. The van der Waals surface area contributed by atoms with Gasteiger partial charge in [-0.05, 0) is 55.9 Å². The molecule has 0 unspecified atom stereocenters. The first-order chi connectivity index (χ1) is 12.7. The molecule has 4 heteroatoms. The van der Waals surface area contributed by atoms with Gasteiger partial charge in [0.25, 0.3) is 5.91 Å². The molecule has 26 heavy (non-hydrogen) atoms. The van der Waals surface area contributed by atoms with E-state index in [1.54, 1.807) is 0 Å². The van der Waals surface area contributed by atoms with Crippen molar-refractivity contribution in [3.05, 3.63) is 76.6 Å². The van der Waals surface area contributed by atoms with Crippen LogP contribution in [0.15, 0.2) is 48.5 Å². The first kappa shape index (κ1) is 15.4. The van der Waals surface area contributed by atoms with Crippen LogP contribution in [0.3, 0.4) is 0 Å². The lowest BCUT2D eigenvalue weighted by molar-refractivity contribution is 0.0983. The summed E-state index contributed by atoms with van der Waals surface area (Å²) in [4.78, 5) is 15.3. The number of nitrogens with zero attached hydrogens (tertiary/aromatic N) is 3. The van der Waals surface area contributed by atoms with Gasteiger partial charge in [0.15, 0.2) is 5.69 Å². The Morgan fingerprint density at radius 1 is 1.00 bits per heavy atom. The number of fused-ring (bicyclic) bond motifs is 2. The fourth-order valence-corrected chi connectivity index (χ4v) is 4.37. The number of rotatable bonds is 2. The van der Waals surface area contributed by atoms with E-state index in [1.165, 1.54) is 11.3 Å². The lowest BCUT2D eigenvalue weighted by Crippen LogP contribution is -2.30. The Hall–Kier alpha value is -2.88. The molecule has 1 aliphatic heterocycles. The number of carbonyl (C=O) groups is 1. The van der Waals surface area contributed by atoms with Gasteiger partial charge in [0.1, 0.15) is 0 Å². The molecular weight excluding hydrogens is 322 g/mol. The maximum absolute atomic E-state index is 13.4. The van der Waals surface area contributed by atoms with Crippen LogP contribution in [0.2, 0.25) is 0 Å². The monoisotopic (exact) mass is 343 g/mol. The van der Waals surface area contributed by atoms with Crippen molar-refractivity contribution in [2.24, 2.45) is 0 Å². The highest BCUT2D eigenvalue weighted by Gasteiger charge is 2.33. The second-order valence-electron chi connectivity index (χ2n) is 7.16. The van der Waals surface area contributed by atoms with Crippen LogP contribution >= 0.6 is 0 Å². The maximum Gasteiger partial charge on any atom is 0.279 e. The predicted octanol–water partition coefficient (Wildman–Crippen LogP) is 3.87. The summed E-state index contributed by atoms with van der Waals surface area (Å²) in [5.74, 6) is 0.0471. The minimum Gasteiger partial charge on any atom is -0.306 e. The van der Waals surface area contributed by atoms with Crippen molar-refractivity contribution in [3.63, 3.8) is 0 Å². The molecule has 0 N–H and O–H groups in total. The number of aryl methyl sites for hydroxylation is 1. The van der Waals surface area contributed by atoms with Crippen LogP contribution in [0.5, 0.6) is 0 Å². The van der Waals surface area contributed by atoms with Crippen molar-refractivity contribution < 1.29 is 4.79 Å². The summed E-state index contributed by atoms with van der Waals surface area (Å²) < 4.78 is 1.98. The molecule has 4 nitrogen and oxygen atoms in total. The quantitative estimate of drug-likeness (QED) is 0.708. The summed E-state index contributed by atoms with van der Waals surface area (Å²) in [6.45, 7) is 2.82. The van der Waals surface area contributed by atoms with Crippen molar-refractivity contribution in [3.8, 4) is 5.69 Å². The van der Waals surface area contributed by atoms with E-state index in [-0.39, 0.29) is 5.91 Å². The van der Waals surface area contributed by atoms with Crippen LogP contribution in [0.25, 0.3) is 5.69 Å². The molecule has 2 heterocycles. The molecule has 2 aliphatic rings. The molecule has 1 aliphatic carbocycles. The van der Waals surface area contributed by atoms with E-state index in [0.717, 1.165) is 54.7 Å². The zero-order valence-electron chi connectivity index (χ0n) is 14.9. The highest BCUT2D eigenvalue weighted by atomic mass is 16.2. The van der Waals surface area contributed by atoms with Crippen LogP contribution in [0.4, 0.5) is 5.69 Å². The van der Waals surface area contributed by atoms with Crippen LogP contribution < -0.4 is 4.90 Å². The zero-order valence-corrected chi connectivity index (χ0v) is 14.9. The third-order valence-corrected chi connectivity index (χ3v) is 5.57. The minimum absolute atomic E-state index is 0.0471. The summed E-state index contributed by atoms with van der Waals surface area (Å²) in [5, 5.41) is 4.77. The Balaban J connectivity index is 1.60. The third-order valence-electron chi connectivity index (χ3n) is 5.57. The number of anilines is 1. The van der Waals surface area contributed by atoms with Gasteiger partial charge < -0.3 is 4.90 Å². The highest BCUT2D eigenvalue weighted by Crippen LogP contribution is 2.34. The number of carbonyl (C=O) groups excluding carboxylic acids is 1. The summed E-state index contributed by atoms with van der Waals surface area (Å²) in [6, 6.07) is 16.4. The summed E-state index contributed by atoms with van der Waals surface area (Å²) >= 11 is 0. The standard InChI is InChI=1S/C22H21N3O/c1-15-7-5-8-16-13-14-24(21(15)16)22(26)20-18-11-6-12-19(18)25(23-20)17-9-3-2-4-10-17/h2-5,7-10H,6,11-14H2,1H3. The summed E-state index contributed by atoms with van der Waals surface area (Å²) in [6.07, 6.45) is 3.94. The molecule has 3 aromatic rings. The lowest BCUT2D eigenvalue weighted by atomic mass is 10.1. The zero-order chi connectivity index (χ0) is 17.7. The van der Waals surface area contributed by atoms with Gasteiger partial charge in [-0.15, -0.1) is 0 Å². The van der Waals surface area contributed by atoms with Crippen molar-refractivity contribution in [1.29, 1.82) is 0 Å². The third kappa shape index (κ3) is 2.22. The van der Waals surface area contributed by atoms with Crippen molar-refractivity contribution >= 4 is 11.6 Å². The molecule has 1 aromatic heterocycles. The Labute approximate surface area is 153 Å². The number of aromatic nitrogens is 2. The Kier molecular flexibility index (Phi) is 3.45. The SMILES string of the molecule is Cc1cccc2c1N(C(=O)c1nn(-c3ccccc3)c3c1CCC3)CC2. The van der Waals surface area contributed by atoms with E-state index in [1.807, 2.05) is 27.8 Å². The minimum atomic E-state index is 0.0471. The molecule has 130 valence electrons. The molecule has 0 fully saturated rings. The molecule has 5 rings (SSSR count).